The summed E-state index contributed by atoms with van der Waals surface area (Å²) in [6, 6.07) is 13.7. The summed E-state index contributed by atoms with van der Waals surface area (Å²) < 4.78 is 11.1. The van der Waals surface area contributed by atoms with Crippen LogP contribution in [0.25, 0.3) is 0 Å². The molecule has 2 rings (SSSR count). The van der Waals surface area contributed by atoms with Crippen LogP contribution in [0.15, 0.2) is 42.5 Å². The first kappa shape index (κ1) is 21.3. The standard InChI is InChI=1S/C20H26ClN3O2S/c1-22-11-12-26-18-8-5-16(13-19(18)25-2)14-24-20(27)23-10-9-15-3-6-17(21)7-4-15/h3-8,13,22H,9-12,14H2,1-2H3,(H2,23,24,27). The van der Waals surface area contributed by atoms with Crippen molar-refractivity contribution in [3.8, 4) is 11.5 Å². The van der Waals surface area contributed by atoms with Crippen LogP contribution in [0.3, 0.4) is 0 Å². The number of ether oxygens (including phenoxy) is 2. The second-order valence-electron chi connectivity index (χ2n) is 5.92. The normalized spacial score (nSPS) is 10.3. The number of hydrogen-bond donors (Lipinski definition) is 3. The second-order valence-corrected chi connectivity index (χ2v) is 6.77. The molecule has 3 N–H and O–H groups in total. The molecule has 0 unspecified atom stereocenters. The summed E-state index contributed by atoms with van der Waals surface area (Å²) in [4.78, 5) is 0. The maximum atomic E-state index is 5.89. The number of nitrogens with one attached hydrogen (secondary N) is 3. The van der Waals surface area contributed by atoms with Gasteiger partial charge < -0.3 is 25.4 Å². The molecule has 0 amide bonds. The molecule has 0 saturated carbocycles. The lowest BCUT2D eigenvalue weighted by atomic mass is 10.1. The summed E-state index contributed by atoms with van der Waals surface area (Å²) in [7, 11) is 3.53. The van der Waals surface area contributed by atoms with Gasteiger partial charge in [0.1, 0.15) is 6.61 Å². The molecule has 2 aromatic carbocycles. The van der Waals surface area contributed by atoms with Gasteiger partial charge in [-0.25, -0.2) is 0 Å². The SMILES string of the molecule is CNCCOc1ccc(CNC(=S)NCCc2ccc(Cl)cc2)cc1OC. The van der Waals surface area contributed by atoms with E-state index >= 15 is 0 Å². The average Bonchev–Trinajstić information content (AvgIpc) is 2.68. The molecule has 2 aromatic rings. The lowest BCUT2D eigenvalue weighted by molar-refractivity contribution is 0.295. The first-order valence-corrected chi connectivity index (χ1v) is 9.61. The fourth-order valence-corrected chi connectivity index (χ4v) is 2.72. The van der Waals surface area contributed by atoms with E-state index in [4.69, 9.17) is 33.3 Å². The number of hydrogen-bond acceptors (Lipinski definition) is 4. The number of likely N-dealkylation sites (N-methyl/N-ethyl adjacent to an activating group) is 1. The lowest BCUT2D eigenvalue weighted by Crippen LogP contribution is -2.35. The summed E-state index contributed by atoms with van der Waals surface area (Å²) in [5, 5.41) is 10.8. The van der Waals surface area contributed by atoms with Gasteiger partial charge in [-0.2, -0.15) is 0 Å². The molecule has 0 radical (unpaired) electrons. The van der Waals surface area contributed by atoms with Crippen LogP contribution in [0, 0.1) is 0 Å². The summed E-state index contributed by atoms with van der Waals surface area (Å²) in [6.07, 6.45) is 0.880. The van der Waals surface area contributed by atoms with E-state index in [2.05, 4.69) is 16.0 Å². The highest BCUT2D eigenvalue weighted by Gasteiger charge is 2.06. The van der Waals surface area contributed by atoms with Crippen LogP contribution < -0.4 is 25.4 Å². The van der Waals surface area contributed by atoms with Gasteiger partial charge >= 0.3 is 0 Å². The molecule has 0 aliphatic rings. The van der Waals surface area contributed by atoms with Gasteiger partial charge in [0.05, 0.1) is 7.11 Å². The Morgan fingerprint density at radius 2 is 1.74 bits per heavy atom. The van der Waals surface area contributed by atoms with Crippen molar-refractivity contribution in [2.75, 3.05) is 33.9 Å². The first-order chi connectivity index (χ1) is 13.1. The van der Waals surface area contributed by atoms with Gasteiger partial charge in [0.2, 0.25) is 0 Å². The number of benzene rings is 2. The number of rotatable bonds is 10. The van der Waals surface area contributed by atoms with E-state index in [-0.39, 0.29) is 0 Å². The summed E-state index contributed by atoms with van der Waals surface area (Å²) in [5.41, 5.74) is 2.28. The Bertz CT molecular complexity index is 726. The minimum absolute atomic E-state index is 0.589. The maximum absolute atomic E-state index is 5.89. The molecule has 0 fully saturated rings. The van der Waals surface area contributed by atoms with E-state index in [1.54, 1.807) is 7.11 Å². The van der Waals surface area contributed by atoms with E-state index in [9.17, 15) is 0 Å². The van der Waals surface area contributed by atoms with Crippen molar-refractivity contribution in [2.24, 2.45) is 0 Å². The van der Waals surface area contributed by atoms with Crippen molar-refractivity contribution in [1.82, 2.24) is 16.0 Å². The third-order valence-corrected chi connectivity index (χ3v) is 4.44. The Morgan fingerprint density at radius 1 is 1.00 bits per heavy atom. The van der Waals surface area contributed by atoms with E-state index in [0.717, 1.165) is 35.8 Å². The molecule has 0 saturated heterocycles. The topological polar surface area (TPSA) is 54.5 Å². The fourth-order valence-electron chi connectivity index (χ4n) is 2.42. The first-order valence-electron chi connectivity index (χ1n) is 8.83. The molecule has 0 heterocycles. The van der Waals surface area contributed by atoms with Crippen LogP contribution in [0.2, 0.25) is 5.02 Å². The molecule has 0 spiro atoms. The zero-order valence-corrected chi connectivity index (χ0v) is 17.3. The molecular weight excluding hydrogens is 382 g/mol. The minimum atomic E-state index is 0.589. The predicted octanol–water partition coefficient (Wildman–Crippen LogP) is 3.15. The Balaban J connectivity index is 1.76. The summed E-state index contributed by atoms with van der Waals surface area (Å²) in [6.45, 7) is 2.74. The molecule has 5 nitrogen and oxygen atoms in total. The molecule has 7 heteroatoms. The predicted molar refractivity (Wildman–Crippen MR) is 115 cm³/mol. The van der Waals surface area contributed by atoms with Gasteiger partial charge in [-0.15, -0.1) is 0 Å². The molecule has 0 atom stereocenters. The summed E-state index contributed by atoms with van der Waals surface area (Å²) >= 11 is 11.2. The third-order valence-electron chi connectivity index (χ3n) is 3.90. The quantitative estimate of drug-likeness (QED) is 0.415. The number of thiocarbonyl (C=S) groups is 1. The van der Waals surface area contributed by atoms with Crippen LogP contribution in [0.4, 0.5) is 0 Å². The molecule has 0 aromatic heterocycles. The van der Waals surface area contributed by atoms with Crippen molar-refractivity contribution in [3.63, 3.8) is 0 Å². The lowest BCUT2D eigenvalue weighted by Gasteiger charge is -2.14. The van der Waals surface area contributed by atoms with Crippen LogP contribution in [-0.2, 0) is 13.0 Å². The smallest absolute Gasteiger partial charge is 0.166 e. The third kappa shape index (κ3) is 7.62. The Morgan fingerprint density at radius 3 is 2.44 bits per heavy atom. The second kappa shape index (κ2) is 11.6. The van der Waals surface area contributed by atoms with Gasteiger partial charge in [-0.05, 0) is 61.1 Å². The minimum Gasteiger partial charge on any atom is -0.493 e. The van der Waals surface area contributed by atoms with Gasteiger partial charge in [0, 0.05) is 24.7 Å². The van der Waals surface area contributed by atoms with Gasteiger partial charge in [0.25, 0.3) is 0 Å². The zero-order valence-electron chi connectivity index (χ0n) is 15.7. The fraction of sp³-hybridized carbons (Fsp3) is 0.350. The van der Waals surface area contributed by atoms with Gasteiger partial charge in [0.15, 0.2) is 16.6 Å². The molecule has 0 bridgehead atoms. The van der Waals surface area contributed by atoms with Crippen LogP contribution >= 0.6 is 23.8 Å². The zero-order chi connectivity index (χ0) is 19.5. The average molecular weight is 408 g/mol. The van der Waals surface area contributed by atoms with Crippen molar-refractivity contribution in [3.05, 3.63) is 58.6 Å². The monoisotopic (exact) mass is 407 g/mol. The Labute approximate surface area is 171 Å². The molecule has 27 heavy (non-hydrogen) atoms. The van der Waals surface area contributed by atoms with Gasteiger partial charge in [-0.1, -0.05) is 29.8 Å². The Kier molecular flexibility index (Phi) is 9.18. The van der Waals surface area contributed by atoms with Gasteiger partial charge in [-0.3, -0.25) is 0 Å². The molecular formula is C20H26ClN3O2S. The largest absolute Gasteiger partial charge is 0.493 e. The van der Waals surface area contributed by atoms with Crippen molar-refractivity contribution in [1.29, 1.82) is 0 Å². The number of methoxy groups -OCH3 is 1. The van der Waals surface area contributed by atoms with E-state index in [0.29, 0.717) is 24.0 Å². The van der Waals surface area contributed by atoms with Crippen molar-refractivity contribution in [2.45, 2.75) is 13.0 Å². The van der Waals surface area contributed by atoms with Crippen LogP contribution in [-0.4, -0.2) is 39.0 Å². The number of halogens is 1. The highest BCUT2D eigenvalue weighted by atomic mass is 35.5. The molecule has 146 valence electrons. The van der Waals surface area contributed by atoms with Crippen LogP contribution in [0.1, 0.15) is 11.1 Å². The molecule has 0 aliphatic heterocycles. The highest BCUT2D eigenvalue weighted by Crippen LogP contribution is 2.27. The van der Waals surface area contributed by atoms with Crippen molar-refractivity contribution >= 4 is 28.9 Å². The highest BCUT2D eigenvalue weighted by molar-refractivity contribution is 7.80. The van der Waals surface area contributed by atoms with E-state index < -0.39 is 0 Å². The van der Waals surface area contributed by atoms with E-state index in [1.165, 1.54) is 5.56 Å². The maximum Gasteiger partial charge on any atom is 0.166 e. The Hall–Kier alpha value is -2.02. The molecule has 0 aliphatic carbocycles. The van der Waals surface area contributed by atoms with Crippen LogP contribution in [0.5, 0.6) is 11.5 Å². The van der Waals surface area contributed by atoms with E-state index in [1.807, 2.05) is 49.5 Å². The van der Waals surface area contributed by atoms with Crippen molar-refractivity contribution < 1.29 is 9.47 Å². The summed E-state index contributed by atoms with van der Waals surface area (Å²) in [5.74, 6) is 1.45.